The lowest BCUT2D eigenvalue weighted by Gasteiger charge is -2.33. The average molecular weight is 318 g/mol. The Hall–Kier alpha value is -1.69. The van der Waals surface area contributed by atoms with Gasteiger partial charge < -0.3 is 4.74 Å². The van der Waals surface area contributed by atoms with Gasteiger partial charge in [0.2, 0.25) is 0 Å². The number of nitriles is 1. The number of para-hydroxylation sites is 1. The van der Waals surface area contributed by atoms with Crippen LogP contribution in [0.4, 0.5) is 0 Å². The van der Waals surface area contributed by atoms with Crippen molar-refractivity contribution in [1.29, 1.82) is 5.26 Å². The van der Waals surface area contributed by atoms with Gasteiger partial charge in [-0.2, -0.15) is 5.26 Å². The maximum atomic E-state index is 9.82. The van der Waals surface area contributed by atoms with Crippen LogP contribution in [0.15, 0.2) is 42.5 Å². The summed E-state index contributed by atoms with van der Waals surface area (Å²) in [5.41, 5.74) is 1.26. The molecule has 2 nitrogen and oxygen atoms in total. The first-order valence-electron chi connectivity index (χ1n) is 6.72. The van der Waals surface area contributed by atoms with Crippen molar-refractivity contribution in [2.75, 3.05) is 6.61 Å². The molecule has 21 heavy (non-hydrogen) atoms. The zero-order valence-electron chi connectivity index (χ0n) is 11.3. The molecule has 0 spiro atoms. The quantitative estimate of drug-likeness (QED) is 0.798. The number of halogens is 2. The third-order valence-electron chi connectivity index (χ3n) is 3.91. The highest BCUT2D eigenvalue weighted by Crippen LogP contribution is 2.41. The topological polar surface area (TPSA) is 33.0 Å². The number of rotatable bonds is 2. The summed E-state index contributed by atoms with van der Waals surface area (Å²) in [6.45, 7) is 0.537. The Balaban J connectivity index is 2.05. The second kappa shape index (κ2) is 5.60. The third kappa shape index (κ3) is 2.60. The minimum atomic E-state index is -0.605. The summed E-state index contributed by atoms with van der Waals surface area (Å²) in [4.78, 5) is 0. The fourth-order valence-corrected chi connectivity index (χ4v) is 3.26. The molecule has 106 valence electrons. The third-order valence-corrected chi connectivity index (χ3v) is 4.50. The van der Waals surface area contributed by atoms with Gasteiger partial charge in [0.1, 0.15) is 5.75 Å². The predicted molar refractivity (Wildman–Crippen MR) is 84.0 cm³/mol. The maximum Gasteiger partial charge on any atom is 0.124 e. The molecule has 0 N–H and O–H groups in total. The van der Waals surface area contributed by atoms with Gasteiger partial charge >= 0.3 is 0 Å². The Morgan fingerprint density at radius 3 is 2.76 bits per heavy atom. The Labute approximate surface area is 133 Å². The van der Waals surface area contributed by atoms with Gasteiger partial charge in [0.15, 0.2) is 0 Å². The van der Waals surface area contributed by atoms with Crippen molar-refractivity contribution in [3.63, 3.8) is 0 Å². The Morgan fingerprint density at radius 1 is 1.19 bits per heavy atom. The molecule has 1 aliphatic rings. The summed E-state index contributed by atoms with van der Waals surface area (Å²) in [5, 5.41) is 11.0. The zero-order chi connectivity index (χ0) is 14.9. The lowest BCUT2D eigenvalue weighted by molar-refractivity contribution is 0.241. The van der Waals surface area contributed by atoms with Gasteiger partial charge in [0.25, 0.3) is 0 Å². The van der Waals surface area contributed by atoms with E-state index in [1.54, 1.807) is 12.1 Å². The van der Waals surface area contributed by atoms with Crippen molar-refractivity contribution < 1.29 is 4.74 Å². The fourth-order valence-electron chi connectivity index (χ4n) is 2.79. The molecule has 0 bridgehead atoms. The zero-order valence-corrected chi connectivity index (χ0v) is 12.8. The van der Waals surface area contributed by atoms with Crippen LogP contribution in [0.3, 0.4) is 0 Å². The number of ether oxygens (including phenoxy) is 1. The average Bonchev–Trinajstić information content (AvgIpc) is 2.50. The monoisotopic (exact) mass is 317 g/mol. The second-order valence-corrected chi connectivity index (χ2v) is 6.04. The van der Waals surface area contributed by atoms with Crippen LogP contribution >= 0.6 is 23.2 Å². The minimum absolute atomic E-state index is 0.537. The molecule has 3 rings (SSSR count). The summed E-state index contributed by atoms with van der Waals surface area (Å²) in [6.07, 6.45) is 1.21. The van der Waals surface area contributed by atoms with E-state index in [1.165, 1.54) is 0 Å². The molecular formula is C17H13Cl2NO. The van der Waals surface area contributed by atoms with Crippen molar-refractivity contribution in [2.24, 2.45) is 0 Å². The molecule has 0 saturated carbocycles. The summed E-state index contributed by atoms with van der Waals surface area (Å²) in [7, 11) is 0. The van der Waals surface area contributed by atoms with Crippen LogP contribution in [0.1, 0.15) is 17.5 Å². The van der Waals surface area contributed by atoms with E-state index >= 15 is 0 Å². The SMILES string of the molecule is N#CC1(Cc2ccc(Cl)cc2Cl)CCOc2ccccc21. The molecule has 1 heterocycles. The number of hydrogen-bond donors (Lipinski definition) is 0. The second-order valence-electron chi connectivity index (χ2n) is 5.20. The van der Waals surface area contributed by atoms with Gasteiger partial charge in [0, 0.05) is 22.0 Å². The smallest absolute Gasteiger partial charge is 0.124 e. The molecule has 2 aromatic rings. The van der Waals surface area contributed by atoms with Crippen LogP contribution in [0.2, 0.25) is 10.0 Å². The highest BCUT2D eigenvalue weighted by atomic mass is 35.5. The summed E-state index contributed by atoms with van der Waals surface area (Å²) in [6, 6.07) is 15.6. The molecule has 1 aliphatic heterocycles. The standard InChI is InChI=1S/C17H13Cl2NO/c18-13-6-5-12(15(19)9-13)10-17(11-20)7-8-21-16-4-2-1-3-14(16)17/h1-6,9H,7-8,10H2. The van der Waals surface area contributed by atoms with Gasteiger partial charge in [-0.05, 0) is 30.2 Å². The van der Waals surface area contributed by atoms with E-state index in [0.717, 1.165) is 16.9 Å². The molecule has 2 aromatic carbocycles. The van der Waals surface area contributed by atoms with Gasteiger partial charge in [-0.25, -0.2) is 0 Å². The van der Waals surface area contributed by atoms with E-state index in [1.807, 2.05) is 30.3 Å². The Kier molecular flexibility index (Phi) is 3.80. The molecule has 0 amide bonds. The van der Waals surface area contributed by atoms with E-state index in [4.69, 9.17) is 27.9 Å². The largest absolute Gasteiger partial charge is 0.493 e. The van der Waals surface area contributed by atoms with Crippen molar-refractivity contribution in [3.8, 4) is 11.8 Å². The summed E-state index contributed by atoms with van der Waals surface area (Å²) in [5.74, 6) is 0.787. The van der Waals surface area contributed by atoms with Crippen LogP contribution < -0.4 is 4.74 Å². The lowest BCUT2D eigenvalue weighted by atomic mass is 9.73. The van der Waals surface area contributed by atoms with Crippen LogP contribution in [-0.4, -0.2) is 6.61 Å². The van der Waals surface area contributed by atoms with E-state index in [2.05, 4.69) is 6.07 Å². The van der Waals surface area contributed by atoms with E-state index in [-0.39, 0.29) is 0 Å². The predicted octanol–water partition coefficient (Wildman–Crippen LogP) is 4.78. The molecule has 4 heteroatoms. The highest BCUT2D eigenvalue weighted by molar-refractivity contribution is 6.35. The molecule has 0 aromatic heterocycles. The number of nitrogens with zero attached hydrogens (tertiary/aromatic N) is 1. The van der Waals surface area contributed by atoms with Crippen molar-refractivity contribution in [1.82, 2.24) is 0 Å². The van der Waals surface area contributed by atoms with Crippen LogP contribution in [0.25, 0.3) is 0 Å². The van der Waals surface area contributed by atoms with Gasteiger partial charge in [-0.15, -0.1) is 0 Å². The highest BCUT2D eigenvalue weighted by Gasteiger charge is 2.38. The minimum Gasteiger partial charge on any atom is -0.493 e. The van der Waals surface area contributed by atoms with E-state index in [0.29, 0.717) is 29.5 Å². The molecule has 1 unspecified atom stereocenters. The fraction of sp³-hybridized carbons (Fsp3) is 0.235. The molecule has 0 radical (unpaired) electrons. The van der Waals surface area contributed by atoms with Gasteiger partial charge in [-0.3, -0.25) is 0 Å². The summed E-state index contributed by atoms with van der Waals surface area (Å²) >= 11 is 12.2. The first-order chi connectivity index (χ1) is 10.1. The Morgan fingerprint density at radius 2 is 2.00 bits per heavy atom. The molecule has 1 atom stereocenters. The van der Waals surface area contributed by atoms with Crippen LogP contribution in [0.5, 0.6) is 5.75 Å². The summed E-state index contributed by atoms with van der Waals surface area (Å²) < 4.78 is 5.66. The number of fused-ring (bicyclic) bond motifs is 1. The molecule has 0 aliphatic carbocycles. The first-order valence-corrected chi connectivity index (χ1v) is 7.48. The van der Waals surface area contributed by atoms with Crippen molar-refractivity contribution >= 4 is 23.2 Å². The number of hydrogen-bond acceptors (Lipinski definition) is 2. The van der Waals surface area contributed by atoms with Crippen molar-refractivity contribution in [2.45, 2.75) is 18.3 Å². The lowest BCUT2D eigenvalue weighted by Crippen LogP contribution is -2.33. The number of benzene rings is 2. The first kappa shape index (κ1) is 14.3. The normalized spacial score (nSPS) is 20.2. The van der Waals surface area contributed by atoms with Gasteiger partial charge in [-0.1, -0.05) is 47.5 Å². The molecular weight excluding hydrogens is 305 g/mol. The molecule has 0 saturated heterocycles. The van der Waals surface area contributed by atoms with E-state index < -0.39 is 5.41 Å². The van der Waals surface area contributed by atoms with Crippen LogP contribution in [-0.2, 0) is 11.8 Å². The van der Waals surface area contributed by atoms with Gasteiger partial charge in [0.05, 0.1) is 18.1 Å². The van der Waals surface area contributed by atoms with Crippen LogP contribution in [0, 0.1) is 11.3 Å². The maximum absolute atomic E-state index is 9.82. The van der Waals surface area contributed by atoms with E-state index in [9.17, 15) is 5.26 Å². The molecule has 0 fully saturated rings. The van der Waals surface area contributed by atoms with Crippen molar-refractivity contribution in [3.05, 3.63) is 63.6 Å². The Bertz CT molecular complexity index is 723.